The number of hydrogen-bond donors (Lipinski definition) is 7. The number of rotatable bonds is 26. The predicted octanol–water partition coefficient (Wildman–Crippen LogP) is -4.82. The number of amides is 1. The maximum atomic E-state index is 12.3. The molecular weight excluding hydrogens is 1460 g/mol. The Bertz CT molecular complexity index is 4480. The van der Waals surface area contributed by atoms with Crippen LogP contribution in [0.4, 0.5) is 0 Å². The Morgan fingerprint density at radius 2 is 0.835 bits per heavy atom. The lowest BCUT2D eigenvalue weighted by Crippen LogP contribution is -2.47. The Morgan fingerprint density at radius 1 is 0.505 bits per heavy atom. The number of methoxy groups -OCH3 is 4. The van der Waals surface area contributed by atoms with Gasteiger partial charge in [-0.1, -0.05) is 0 Å². The fourth-order valence-electron chi connectivity index (χ4n) is 11.6. The van der Waals surface area contributed by atoms with Crippen molar-refractivity contribution < 1.29 is 95.3 Å². The minimum Gasteiger partial charge on any atom is -0.374 e. The molecule has 1 amide bonds. The van der Waals surface area contributed by atoms with E-state index in [4.69, 9.17) is 56.8 Å². The Balaban J connectivity index is 0.000000216. The molecule has 5 aliphatic rings. The van der Waals surface area contributed by atoms with Crippen molar-refractivity contribution in [3.8, 4) is 0 Å². The lowest BCUT2D eigenvalue weighted by molar-refractivity contribution is -0.139. The van der Waals surface area contributed by atoms with Crippen molar-refractivity contribution in [1.82, 2.24) is 56.7 Å². The van der Waals surface area contributed by atoms with Crippen LogP contribution in [-0.4, -0.2) is 259 Å². The minimum absolute atomic E-state index is 0.0370. The van der Waals surface area contributed by atoms with E-state index in [1.54, 1.807) is 27.7 Å². The molecule has 4 aromatic rings. The van der Waals surface area contributed by atoms with E-state index in [2.05, 4.69) is 29.4 Å². The van der Waals surface area contributed by atoms with Crippen LogP contribution in [0.5, 0.6) is 0 Å². The average Bonchev–Trinajstić information content (AvgIpc) is 1.66. The van der Waals surface area contributed by atoms with Crippen LogP contribution in [0, 0.1) is 0 Å². The molecule has 0 spiro atoms. The first kappa shape index (κ1) is 85.3. The van der Waals surface area contributed by atoms with Gasteiger partial charge in [-0.2, -0.15) is 4.31 Å². The van der Waals surface area contributed by atoms with E-state index in [1.165, 1.54) is 91.9 Å². The fraction of sp³-hybridized carbons (Fsp3) is 0.707. The Morgan fingerprint density at radius 3 is 1.16 bits per heavy atom. The molecule has 0 saturated carbocycles. The second-order valence-electron chi connectivity index (χ2n) is 25.0. The molecule has 4 aromatic heterocycles. The smallest absolute Gasteiger partial charge is 0.330 e. The minimum atomic E-state index is -3.82. The summed E-state index contributed by atoms with van der Waals surface area (Å²) in [5, 5.41) is 0. The molecule has 5 saturated heterocycles. The van der Waals surface area contributed by atoms with Crippen molar-refractivity contribution in [3.05, 3.63) is 132 Å². The molecular formula is C58H92N12O29S4. The van der Waals surface area contributed by atoms with Crippen molar-refractivity contribution in [3.63, 3.8) is 0 Å². The highest BCUT2D eigenvalue weighted by Crippen LogP contribution is 2.38. The maximum Gasteiger partial charge on any atom is 0.330 e. The van der Waals surface area contributed by atoms with Gasteiger partial charge >= 0.3 is 22.8 Å². The third-order valence-electron chi connectivity index (χ3n) is 15.7. The quantitative estimate of drug-likeness (QED) is 0.0310. The molecule has 0 bridgehead atoms. The molecule has 0 unspecified atom stereocenters. The molecule has 103 heavy (non-hydrogen) atoms. The first-order valence-corrected chi connectivity index (χ1v) is 39.1. The first-order chi connectivity index (χ1) is 48.1. The summed E-state index contributed by atoms with van der Waals surface area (Å²) >= 11 is 0. The number of hydrogen-bond acceptors (Lipinski definition) is 29. The van der Waals surface area contributed by atoms with E-state index in [0.29, 0.717) is 13.0 Å². The molecule has 0 aliphatic carbocycles. The number of nitrogens with one attached hydrogen (secondary N) is 7. The number of aromatic nitrogens is 8. The number of aromatic amines is 4. The highest BCUT2D eigenvalue weighted by Gasteiger charge is 2.53. The highest BCUT2D eigenvalue weighted by atomic mass is 32.2. The molecule has 5 aliphatic heterocycles. The van der Waals surface area contributed by atoms with Crippen LogP contribution in [0.2, 0.25) is 0 Å². The second kappa shape index (κ2) is 36.6. The third-order valence-corrected chi connectivity index (χ3v) is 20.3. The largest absolute Gasteiger partial charge is 0.374 e. The van der Waals surface area contributed by atoms with Gasteiger partial charge in [-0.25, -0.2) is 62.3 Å². The topological polar surface area (TPSA) is 523 Å². The van der Waals surface area contributed by atoms with Gasteiger partial charge < -0.3 is 56.8 Å². The van der Waals surface area contributed by atoms with E-state index in [-0.39, 0.29) is 49.0 Å². The van der Waals surface area contributed by atoms with Gasteiger partial charge in [0.25, 0.3) is 28.1 Å². The standard InChI is InChI=1S/C16H25N3O7S.C14H21N3O8S.2C14H23N3O7S/c1-10(2)25-13-11(9-18-6-4-8-27(18,22)23)26-15(14(13)24-3)19-7-5-12(20)17-16(19)21;1-7(2)24-9-10(12(19)16-26(4,21)22)25-13(11(9)23-3)17-6-5-8(18)15-14(17)20;1-8(2)23-11-9(7-15-25(4,20)21)24-13(12(11)22-3)17-6-5-10(18)16-14(17)19;1-8(2)23-11-9(7-25(20,21)15-3)24-13(12(11)22-4)17-6-5-10(18)16-14(17)19/h5,7,10-11,13-15H,4,6,8-9H2,1-3H3,(H,17,20,21);5-7,9-11,13H,1-4H3,(H,16,19)(H,15,18,20);2*5-6,8-9,11-13,15H,7H2,1-4H3,(H,16,18,19)/t11-,13-,14-,15-;9-,10+,11-,13-;2*9-,11-,12-,13-/m1111/s1. The molecule has 9 rings (SSSR count). The molecule has 45 heteroatoms. The summed E-state index contributed by atoms with van der Waals surface area (Å²) in [6.45, 7) is 14.9. The lowest BCUT2D eigenvalue weighted by atomic mass is 10.1. The van der Waals surface area contributed by atoms with Gasteiger partial charge in [0.1, 0.15) is 67.1 Å². The summed E-state index contributed by atoms with van der Waals surface area (Å²) in [5.41, 5.74) is -4.92. The molecule has 16 atom stereocenters. The number of ether oxygens (including phenoxy) is 12. The zero-order valence-electron chi connectivity index (χ0n) is 59.1. The van der Waals surface area contributed by atoms with E-state index in [0.717, 1.165) is 27.7 Å². The molecule has 9 heterocycles. The molecule has 582 valence electrons. The van der Waals surface area contributed by atoms with Crippen LogP contribution in [-0.2, 0) is 102 Å². The van der Waals surface area contributed by atoms with Gasteiger partial charge in [-0.15, -0.1) is 0 Å². The summed E-state index contributed by atoms with van der Waals surface area (Å²) in [7, 11) is -7.15. The molecule has 5 fully saturated rings. The Labute approximate surface area is 591 Å². The number of nitrogens with zero attached hydrogens (tertiary/aromatic N) is 5. The molecule has 0 radical (unpaired) electrons. The van der Waals surface area contributed by atoms with Crippen molar-refractivity contribution in [2.24, 2.45) is 0 Å². The summed E-state index contributed by atoms with van der Waals surface area (Å²) in [4.78, 5) is 114. The Kier molecular flexibility index (Phi) is 30.3. The van der Waals surface area contributed by atoms with Gasteiger partial charge in [0.2, 0.25) is 40.1 Å². The van der Waals surface area contributed by atoms with Crippen LogP contribution in [0.15, 0.2) is 87.4 Å². The van der Waals surface area contributed by atoms with Gasteiger partial charge in [0.15, 0.2) is 31.0 Å². The molecule has 41 nitrogen and oxygen atoms in total. The third kappa shape index (κ3) is 23.2. The first-order valence-electron chi connectivity index (χ1n) is 32.0. The van der Waals surface area contributed by atoms with Gasteiger partial charge in [0, 0.05) is 97.1 Å². The van der Waals surface area contributed by atoms with Gasteiger partial charge in [-0.3, -0.25) is 66.9 Å². The van der Waals surface area contributed by atoms with Crippen LogP contribution >= 0.6 is 0 Å². The van der Waals surface area contributed by atoms with Crippen molar-refractivity contribution in [2.45, 2.75) is 184 Å². The maximum absolute atomic E-state index is 12.3. The lowest BCUT2D eigenvalue weighted by Gasteiger charge is -2.27. The van der Waals surface area contributed by atoms with Gasteiger partial charge in [-0.05, 0) is 68.9 Å². The number of H-pyrrole nitrogens is 4. The predicted molar refractivity (Wildman–Crippen MR) is 363 cm³/mol. The number of carbonyl (C=O) groups excluding carboxylic acids is 1. The van der Waals surface area contributed by atoms with Crippen molar-refractivity contribution >= 4 is 46.0 Å². The number of sulfonamides is 4. The van der Waals surface area contributed by atoms with Crippen LogP contribution in [0.25, 0.3) is 0 Å². The molecule has 7 N–H and O–H groups in total. The number of carbonyl (C=O) groups is 1. The van der Waals surface area contributed by atoms with Gasteiger partial charge in [0.05, 0.1) is 48.4 Å². The normalized spacial score (nSPS) is 27.9. The average molecular weight is 1550 g/mol. The van der Waals surface area contributed by atoms with Crippen LogP contribution in [0.1, 0.15) is 86.7 Å². The van der Waals surface area contributed by atoms with E-state index in [9.17, 15) is 76.8 Å². The second-order valence-corrected chi connectivity index (χ2v) is 32.6. The van der Waals surface area contributed by atoms with Crippen LogP contribution < -0.4 is 59.2 Å². The Hall–Kier alpha value is -6.61. The summed E-state index contributed by atoms with van der Waals surface area (Å²) in [5.74, 6) is -1.18. The molecule has 0 aromatic carbocycles. The van der Waals surface area contributed by atoms with Crippen molar-refractivity contribution in [2.75, 3.05) is 79.1 Å². The monoisotopic (exact) mass is 1550 g/mol. The summed E-state index contributed by atoms with van der Waals surface area (Å²) < 4.78 is 175. The SMILES string of the molecule is CNS(=O)(=O)C[C@H]1O[C@@H](n2ccc(=O)[nH]c2=O)[C@H](OC)[C@@H]1OC(C)C.CO[C@@H]1[C@H](OC(C)C)[C@@H](C(=O)NS(C)(=O)=O)O[C@H]1n1ccc(=O)[nH]c1=O.CO[C@@H]1[C@H](OC(C)C)[C@@H](CN2CCCS2(=O)=O)O[C@H]1n1ccc(=O)[nH]c1=O.CO[C@@H]1[C@H](OC(C)C)[C@@H](CNS(C)(=O)=O)O[C@H]1n1ccc(=O)[nH]c1=O. The highest BCUT2D eigenvalue weighted by molar-refractivity contribution is 7.90. The fourth-order valence-corrected chi connectivity index (χ4v) is 14.9. The van der Waals surface area contributed by atoms with E-state index in [1.807, 2.05) is 32.4 Å². The van der Waals surface area contributed by atoms with Crippen LogP contribution in [0.3, 0.4) is 0 Å². The zero-order valence-corrected chi connectivity index (χ0v) is 62.4. The van der Waals surface area contributed by atoms with E-state index < -0.39 is 189 Å². The van der Waals surface area contributed by atoms with Crippen molar-refractivity contribution in [1.29, 1.82) is 0 Å². The summed E-state index contributed by atoms with van der Waals surface area (Å²) in [6.07, 6.45) is -6.40. The zero-order chi connectivity index (χ0) is 77.0. The summed E-state index contributed by atoms with van der Waals surface area (Å²) in [6, 6.07) is 4.69. The van der Waals surface area contributed by atoms with E-state index >= 15 is 0 Å².